The summed E-state index contributed by atoms with van der Waals surface area (Å²) in [6.45, 7) is 0.777. The van der Waals surface area contributed by atoms with Gasteiger partial charge in [-0.2, -0.15) is 0 Å². The van der Waals surface area contributed by atoms with Crippen LogP contribution in [0.1, 0.15) is 23.2 Å². The monoisotopic (exact) mass is 296 g/mol. The number of carboxylic acid groups (broad SMARTS) is 1. The van der Waals surface area contributed by atoms with Crippen LogP contribution < -0.4 is 10.6 Å². The summed E-state index contributed by atoms with van der Waals surface area (Å²) in [5.74, 6) is -2.44. The summed E-state index contributed by atoms with van der Waals surface area (Å²) in [5.41, 5.74) is 5.60. The number of nitrogens with zero attached hydrogens (tertiary/aromatic N) is 1. The Morgan fingerprint density at radius 1 is 1.38 bits per heavy atom. The molecular weight excluding hydrogens is 279 g/mol. The molecule has 1 aliphatic rings. The first-order chi connectivity index (χ1) is 9.99. The number of carbonyl (C=O) groups excluding carboxylic acids is 1. The van der Waals surface area contributed by atoms with Crippen LogP contribution in [-0.2, 0) is 9.53 Å². The predicted octanol–water partition coefficient (Wildman–Crippen LogP) is 0.995. The summed E-state index contributed by atoms with van der Waals surface area (Å²) in [4.78, 5) is 23.7. The molecule has 6 nitrogen and oxygen atoms in total. The molecule has 1 aromatic carbocycles. The van der Waals surface area contributed by atoms with E-state index in [1.807, 2.05) is 4.90 Å². The third-order valence-electron chi connectivity index (χ3n) is 3.46. The predicted molar refractivity (Wildman–Crippen MR) is 73.7 cm³/mol. The van der Waals surface area contributed by atoms with Gasteiger partial charge in [-0.05, 0) is 25.0 Å². The average Bonchev–Trinajstić information content (AvgIpc) is 2.45. The second kappa shape index (κ2) is 6.53. The van der Waals surface area contributed by atoms with E-state index in [-0.39, 0.29) is 18.3 Å². The van der Waals surface area contributed by atoms with Crippen molar-refractivity contribution in [3.63, 3.8) is 0 Å². The number of nitrogens with two attached hydrogens (primary N) is 1. The number of benzene rings is 1. The zero-order valence-electron chi connectivity index (χ0n) is 11.4. The molecule has 7 heteroatoms. The molecule has 1 aliphatic heterocycles. The van der Waals surface area contributed by atoms with E-state index in [1.54, 1.807) is 6.07 Å². The van der Waals surface area contributed by atoms with E-state index in [0.29, 0.717) is 31.6 Å². The van der Waals surface area contributed by atoms with Gasteiger partial charge < -0.3 is 20.5 Å². The number of aliphatic carboxylic acids is 1. The fourth-order valence-electron chi connectivity index (χ4n) is 2.47. The molecule has 0 radical (unpaired) electrons. The molecule has 21 heavy (non-hydrogen) atoms. The highest BCUT2D eigenvalue weighted by Crippen LogP contribution is 2.26. The standard InChI is InChI=1S/C14H17FN2O4/c15-10-2-1-3-11(13(10)14(16)20)17-6-4-9(5-7-17)21-8-12(18)19/h1-3,9H,4-8H2,(H2,16,20)(H,18,19). The van der Waals surface area contributed by atoms with Crippen molar-refractivity contribution in [2.75, 3.05) is 24.6 Å². The summed E-state index contributed by atoms with van der Waals surface area (Å²) < 4.78 is 19.0. The molecule has 0 saturated carbocycles. The first-order valence-corrected chi connectivity index (χ1v) is 6.65. The lowest BCUT2D eigenvalue weighted by Crippen LogP contribution is -2.38. The third kappa shape index (κ3) is 3.69. The molecule has 0 aliphatic carbocycles. The number of primary amides is 1. The van der Waals surface area contributed by atoms with Gasteiger partial charge in [0, 0.05) is 13.1 Å². The zero-order valence-corrected chi connectivity index (χ0v) is 11.4. The van der Waals surface area contributed by atoms with Gasteiger partial charge >= 0.3 is 5.97 Å². The van der Waals surface area contributed by atoms with Gasteiger partial charge in [0.05, 0.1) is 17.4 Å². The molecule has 1 heterocycles. The fourth-order valence-corrected chi connectivity index (χ4v) is 2.47. The molecule has 0 bridgehead atoms. The lowest BCUT2D eigenvalue weighted by Gasteiger charge is -2.34. The topological polar surface area (TPSA) is 92.9 Å². The molecule has 2 rings (SSSR count). The Balaban J connectivity index is 2.04. The van der Waals surface area contributed by atoms with Crippen LogP contribution in [0, 0.1) is 5.82 Å². The summed E-state index contributed by atoms with van der Waals surface area (Å²) in [5, 5.41) is 8.57. The maximum atomic E-state index is 13.7. The Morgan fingerprint density at radius 3 is 2.62 bits per heavy atom. The van der Waals surface area contributed by atoms with Crippen LogP contribution in [-0.4, -0.2) is 42.8 Å². The van der Waals surface area contributed by atoms with Crippen molar-refractivity contribution in [1.82, 2.24) is 0 Å². The summed E-state index contributed by atoms with van der Waals surface area (Å²) in [7, 11) is 0. The van der Waals surface area contributed by atoms with E-state index in [0.717, 1.165) is 0 Å². The minimum absolute atomic E-state index is 0.109. The lowest BCUT2D eigenvalue weighted by molar-refractivity contribution is -0.144. The molecule has 114 valence electrons. The number of ether oxygens (including phenoxy) is 1. The molecule has 1 aromatic rings. The Morgan fingerprint density at radius 2 is 2.05 bits per heavy atom. The number of rotatable bonds is 5. The minimum atomic E-state index is -1.00. The van der Waals surface area contributed by atoms with Gasteiger partial charge in [0.2, 0.25) is 0 Å². The Hall–Kier alpha value is -2.15. The smallest absolute Gasteiger partial charge is 0.329 e. The van der Waals surface area contributed by atoms with Crippen molar-refractivity contribution in [3.05, 3.63) is 29.6 Å². The first-order valence-electron chi connectivity index (χ1n) is 6.65. The summed E-state index contributed by atoms with van der Waals surface area (Å²) in [6.07, 6.45) is 1.09. The molecule has 1 amide bonds. The van der Waals surface area contributed by atoms with Gasteiger partial charge in [-0.1, -0.05) is 6.07 Å². The SMILES string of the molecule is NC(=O)c1c(F)cccc1N1CCC(OCC(=O)O)CC1. The Bertz CT molecular complexity index is 542. The average molecular weight is 296 g/mol. The third-order valence-corrected chi connectivity index (χ3v) is 3.46. The van der Waals surface area contributed by atoms with Crippen molar-refractivity contribution in [2.45, 2.75) is 18.9 Å². The number of halogens is 1. The maximum absolute atomic E-state index is 13.7. The van der Waals surface area contributed by atoms with Crippen LogP contribution in [0.25, 0.3) is 0 Å². The zero-order chi connectivity index (χ0) is 15.4. The highest BCUT2D eigenvalue weighted by Gasteiger charge is 2.24. The van der Waals surface area contributed by atoms with Crippen LogP contribution in [0.3, 0.4) is 0 Å². The van der Waals surface area contributed by atoms with Gasteiger partial charge in [0.15, 0.2) is 0 Å². The maximum Gasteiger partial charge on any atom is 0.329 e. The largest absolute Gasteiger partial charge is 0.480 e. The highest BCUT2D eigenvalue weighted by molar-refractivity contribution is 5.99. The number of anilines is 1. The highest BCUT2D eigenvalue weighted by atomic mass is 19.1. The fraction of sp³-hybridized carbons (Fsp3) is 0.429. The van der Waals surface area contributed by atoms with Crippen molar-refractivity contribution >= 4 is 17.6 Å². The van der Waals surface area contributed by atoms with E-state index < -0.39 is 17.7 Å². The van der Waals surface area contributed by atoms with Gasteiger partial charge in [-0.15, -0.1) is 0 Å². The molecule has 1 saturated heterocycles. The Labute approximate surface area is 121 Å². The molecule has 0 unspecified atom stereocenters. The number of carbonyl (C=O) groups is 2. The lowest BCUT2D eigenvalue weighted by atomic mass is 10.0. The van der Waals surface area contributed by atoms with E-state index >= 15 is 0 Å². The molecule has 0 atom stereocenters. The number of piperidine rings is 1. The normalized spacial score (nSPS) is 16.0. The second-order valence-corrected chi connectivity index (χ2v) is 4.89. The van der Waals surface area contributed by atoms with E-state index in [4.69, 9.17) is 15.6 Å². The number of carboxylic acids is 1. The molecule has 3 N–H and O–H groups in total. The second-order valence-electron chi connectivity index (χ2n) is 4.89. The van der Waals surface area contributed by atoms with E-state index in [1.165, 1.54) is 12.1 Å². The van der Waals surface area contributed by atoms with Gasteiger partial charge in [-0.3, -0.25) is 4.79 Å². The first kappa shape index (κ1) is 15.2. The van der Waals surface area contributed by atoms with Gasteiger partial charge in [0.1, 0.15) is 12.4 Å². The van der Waals surface area contributed by atoms with Crippen LogP contribution in [0.5, 0.6) is 0 Å². The van der Waals surface area contributed by atoms with Crippen LogP contribution in [0.4, 0.5) is 10.1 Å². The number of hydrogen-bond acceptors (Lipinski definition) is 4. The van der Waals surface area contributed by atoms with Crippen molar-refractivity contribution in [2.24, 2.45) is 5.73 Å². The Kier molecular flexibility index (Phi) is 4.74. The van der Waals surface area contributed by atoms with Gasteiger partial charge in [-0.25, -0.2) is 9.18 Å². The quantitative estimate of drug-likeness (QED) is 0.845. The van der Waals surface area contributed by atoms with Crippen molar-refractivity contribution in [1.29, 1.82) is 0 Å². The molecular formula is C14H17FN2O4. The molecule has 0 aromatic heterocycles. The summed E-state index contributed by atoms with van der Waals surface area (Å²) >= 11 is 0. The number of hydrogen-bond donors (Lipinski definition) is 2. The van der Waals surface area contributed by atoms with Crippen LogP contribution in [0.15, 0.2) is 18.2 Å². The minimum Gasteiger partial charge on any atom is -0.480 e. The van der Waals surface area contributed by atoms with Crippen molar-refractivity contribution in [3.8, 4) is 0 Å². The van der Waals surface area contributed by atoms with Crippen LogP contribution in [0.2, 0.25) is 0 Å². The van der Waals surface area contributed by atoms with E-state index in [2.05, 4.69) is 0 Å². The van der Waals surface area contributed by atoms with Crippen LogP contribution >= 0.6 is 0 Å². The molecule has 1 fully saturated rings. The summed E-state index contributed by atoms with van der Waals surface area (Å²) in [6, 6.07) is 4.39. The molecule has 0 spiro atoms. The van der Waals surface area contributed by atoms with Crippen molar-refractivity contribution < 1.29 is 23.8 Å². The van der Waals surface area contributed by atoms with Gasteiger partial charge in [0.25, 0.3) is 5.91 Å². The van der Waals surface area contributed by atoms with E-state index in [9.17, 15) is 14.0 Å². The number of amides is 1.